The normalized spacial score (nSPS) is 31.2. The van der Waals surface area contributed by atoms with Gasteiger partial charge in [-0.25, -0.2) is 8.78 Å². The monoisotopic (exact) mass is 348 g/mol. The minimum atomic E-state index is -0.657. The van der Waals surface area contributed by atoms with Gasteiger partial charge < -0.3 is 0 Å². The summed E-state index contributed by atoms with van der Waals surface area (Å²) >= 11 is 0. The zero-order chi connectivity index (χ0) is 17.1. The van der Waals surface area contributed by atoms with Crippen LogP contribution in [0.1, 0.15) is 63.9 Å². The third-order valence-corrected chi connectivity index (χ3v) is 8.02. The van der Waals surface area contributed by atoms with E-state index in [9.17, 15) is 8.78 Å². The van der Waals surface area contributed by atoms with Crippen LogP contribution >= 0.6 is 0 Å². The molecule has 0 unspecified atom stereocenters. The highest BCUT2D eigenvalue weighted by Gasteiger charge is 2.30. The fourth-order valence-electron chi connectivity index (χ4n) is 4.66. The molecule has 0 aliphatic heterocycles. The van der Waals surface area contributed by atoms with Gasteiger partial charge in [-0.05, 0) is 67.0 Å². The summed E-state index contributed by atoms with van der Waals surface area (Å²) in [5.41, 5.74) is 0.406. The SMILES string of the molecule is Cc1ccc([Si]CC2CCC(C3CCC(C)CC3)CC2)c(F)c1F. The van der Waals surface area contributed by atoms with Crippen molar-refractivity contribution in [2.75, 3.05) is 0 Å². The highest BCUT2D eigenvalue weighted by Crippen LogP contribution is 2.41. The maximum absolute atomic E-state index is 14.0. The van der Waals surface area contributed by atoms with Crippen LogP contribution in [0.5, 0.6) is 0 Å². The Balaban J connectivity index is 1.45. The molecule has 0 N–H and O–H groups in total. The van der Waals surface area contributed by atoms with Crippen molar-refractivity contribution >= 4 is 14.7 Å². The van der Waals surface area contributed by atoms with Gasteiger partial charge in [0.15, 0.2) is 11.6 Å². The molecule has 0 spiro atoms. The van der Waals surface area contributed by atoms with Gasteiger partial charge in [-0.15, -0.1) is 0 Å². The molecule has 0 nitrogen and oxygen atoms in total. The van der Waals surface area contributed by atoms with Crippen LogP contribution in [0, 0.1) is 42.2 Å². The zero-order valence-corrected chi connectivity index (χ0v) is 16.1. The molecule has 2 radical (unpaired) electrons. The predicted octanol–water partition coefficient (Wildman–Crippen LogP) is 5.65. The summed E-state index contributed by atoms with van der Waals surface area (Å²) < 4.78 is 27.7. The van der Waals surface area contributed by atoms with Crippen LogP contribution in [0.2, 0.25) is 6.04 Å². The van der Waals surface area contributed by atoms with Crippen molar-refractivity contribution in [2.45, 2.75) is 71.3 Å². The Morgan fingerprint density at radius 1 is 0.875 bits per heavy atom. The number of aryl methyl sites for hydroxylation is 1. The summed E-state index contributed by atoms with van der Waals surface area (Å²) in [5.74, 6) is 2.28. The highest BCUT2D eigenvalue weighted by atomic mass is 28.2. The molecule has 0 bridgehead atoms. The Morgan fingerprint density at radius 3 is 2.08 bits per heavy atom. The smallest absolute Gasteiger partial charge is 0.161 e. The molecule has 0 aromatic heterocycles. The fourth-order valence-corrected chi connectivity index (χ4v) is 6.04. The number of hydrogen-bond acceptors (Lipinski definition) is 0. The van der Waals surface area contributed by atoms with Gasteiger partial charge >= 0.3 is 0 Å². The molecular formula is C21H30F2Si. The van der Waals surface area contributed by atoms with Gasteiger partial charge in [0.05, 0.1) is 9.52 Å². The summed E-state index contributed by atoms with van der Waals surface area (Å²) in [6, 6.07) is 4.52. The second-order valence-electron chi connectivity index (χ2n) is 8.24. The van der Waals surface area contributed by atoms with Crippen molar-refractivity contribution in [3.8, 4) is 0 Å². The van der Waals surface area contributed by atoms with Crippen LogP contribution in [-0.2, 0) is 0 Å². The summed E-state index contributed by atoms with van der Waals surface area (Å²) in [7, 11) is 0.407. The zero-order valence-electron chi connectivity index (χ0n) is 15.1. The molecular weight excluding hydrogens is 318 g/mol. The van der Waals surface area contributed by atoms with Gasteiger partial charge in [0.1, 0.15) is 0 Å². The molecule has 2 aliphatic carbocycles. The molecule has 2 fully saturated rings. The number of benzene rings is 1. The van der Waals surface area contributed by atoms with Crippen molar-refractivity contribution in [3.05, 3.63) is 29.3 Å². The first-order valence-corrected chi connectivity index (χ1v) is 10.9. The molecule has 2 saturated carbocycles. The van der Waals surface area contributed by atoms with Gasteiger partial charge in [0, 0.05) is 0 Å². The standard InChI is InChI=1S/C21H30F2Si/c1-14-3-8-17(9-4-14)18-10-6-16(7-11-18)13-24-19-12-5-15(2)20(22)21(19)23/h5,12,14,16-18H,3-4,6-11,13H2,1-2H3. The molecule has 0 saturated heterocycles. The quantitative estimate of drug-likeness (QED) is 0.616. The van der Waals surface area contributed by atoms with E-state index in [1.54, 1.807) is 19.1 Å². The van der Waals surface area contributed by atoms with Gasteiger partial charge in [-0.2, -0.15) is 0 Å². The maximum atomic E-state index is 14.0. The Bertz CT molecular complexity index is 541. The van der Waals surface area contributed by atoms with Crippen molar-refractivity contribution in [1.29, 1.82) is 0 Å². The van der Waals surface area contributed by atoms with E-state index in [0.29, 0.717) is 26.2 Å². The van der Waals surface area contributed by atoms with E-state index in [2.05, 4.69) is 6.92 Å². The Labute approximate surface area is 148 Å². The first-order chi connectivity index (χ1) is 11.5. The molecule has 24 heavy (non-hydrogen) atoms. The van der Waals surface area contributed by atoms with Crippen LogP contribution < -0.4 is 5.19 Å². The topological polar surface area (TPSA) is 0 Å². The Kier molecular flexibility index (Phi) is 6.12. The van der Waals surface area contributed by atoms with E-state index < -0.39 is 11.6 Å². The second kappa shape index (κ2) is 8.12. The van der Waals surface area contributed by atoms with Gasteiger partial charge in [-0.1, -0.05) is 50.8 Å². The van der Waals surface area contributed by atoms with Gasteiger partial charge in [0.2, 0.25) is 0 Å². The summed E-state index contributed by atoms with van der Waals surface area (Å²) in [6.45, 7) is 4.01. The summed E-state index contributed by atoms with van der Waals surface area (Å²) in [6.07, 6.45) is 11.0. The van der Waals surface area contributed by atoms with Gasteiger partial charge in [-0.3, -0.25) is 0 Å². The molecule has 2 aliphatic rings. The lowest BCUT2D eigenvalue weighted by molar-refractivity contribution is 0.155. The van der Waals surface area contributed by atoms with E-state index in [-0.39, 0.29) is 0 Å². The molecule has 1 aromatic rings. The van der Waals surface area contributed by atoms with E-state index in [0.717, 1.165) is 23.8 Å². The van der Waals surface area contributed by atoms with E-state index in [1.807, 2.05) is 0 Å². The Hall–Kier alpha value is -0.703. The molecule has 1 aromatic carbocycles. The van der Waals surface area contributed by atoms with Crippen molar-refractivity contribution < 1.29 is 8.78 Å². The number of hydrogen-bond donors (Lipinski definition) is 0. The van der Waals surface area contributed by atoms with Crippen LogP contribution in [-0.4, -0.2) is 9.52 Å². The molecule has 3 rings (SSSR count). The van der Waals surface area contributed by atoms with Crippen LogP contribution in [0.15, 0.2) is 12.1 Å². The van der Waals surface area contributed by atoms with E-state index in [1.165, 1.54) is 51.4 Å². The molecule has 0 atom stereocenters. The highest BCUT2D eigenvalue weighted by molar-refractivity contribution is 6.53. The minimum Gasteiger partial charge on any atom is -0.204 e. The Morgan fingerprint density at radius 2 is 1.46 bits per heavy atom. The maximum Gasteiger partial charge on any atom is 0.161 e. The molecule has 0 heterocycles. The summed E-state index contributed by atoms with van der Waals surface area (Å²) in [4.78, 5) is 0. The van der Waals surface area contributed by atoms with Crippen molar-refractivity contribution in [3.63, 3.8) is 0 Å². The van der Waals surface area contributed by atoms with Crippen molar-refractivity contribution in [2.24, 2.45) is 23.7 Å². The average molecular weight is 349 g/mol. The second-order valence-corrected chi connectivity index (χ2v) is 9.54. The van der Waals surface area contributed by atoms with Crippen molar-refractivity contribution in [1.82, 2.24) is 0 Å². The first-order valence-electron chi connectivity index (χ1n) is 9.73. The van der Waals surface area contributed by atoms with Crippen LogP contribution in [0.4, 0.5) is 8.78 Å². The predicted molar refractivity (Wildman–Crippen MR) is 97.9 cm³/mol. The third kappa shape index (κ3) is 4.28. The average Bonchev–Trinajstić information content (AvgIpc) is 2.60. The lowest BCUT2D eigenvalue weighted by Crippen LogP contribution is -2.27. The molecule has 3 heteroatoms. The van der Waals surface area contributed by atoms with Crippen LogP contribution in [0.3, 0.4) is 0 Å². The number of rotatable bonds is 4. The number of halogens is 2. The van der Waals surface area contributed by atoms with Crippen LogP contribution in [0.25, 0.3) is 0 Å². The lowest BCUT2D eigenvalue weighted by atomic mass is 9.70. The first kappa shape index (κ1) is 18.1. The molecule has 132 valence electrons. The largest absolute Gasteiger partial charge is 0.204 e. The van der Waals surface area contributed by atoms with Gasteiger partial charge in [0.25, 0.3) is 0 Å². The fraction of sp³-hybridized carbons (Fsp3) is 0.714. The summed E-state index contributed by atoms with van der Waals surface area (Å²) in [5, 5.41) is 0.585. The lowest BCUT2D eigenvalue weighted by Gasteiger charge is -2.37. The van der Waals surface area contributed by atoms with E-state index >= 15 is 0 Å². The third-order valence-electron chi connectivity index (χ3n) is 6.48. The minimum absolute atomic E-state index is 0.406. The van der Waals surface area contributed by atoms with E-state index in [4.69, 9.17) is 0 Å². The molecule has 0 amide bonds.